The highest BCUT2D eigenvalue weighted by atomic mass is 35.5. The minimum atomic E-state index is -3.70. The number of thiazole rings is 1. The van der Waals surface area contributed by atoms with E-state index >= 15 is 0 Å². The summed E-state index contributed by atoms with van der Waals surface area (Å²) < 4.78 is 33.0. The average Bonchev–Trinajstić information content (AvgIpc) is 3.24. The maximum atomic E-state index is 13.1. The lowest BCUT2D eigenvalue weighted by Gasteiger charge is -2.34. The third kappa shape index (κ3) is 4.05. The van der Waals surface area contributed by atoms with Crippen molar-refractivity contribution in [1.82, 2.24) is 9.29 Å². The smallest absolute Gasteiger partial charge is 0.246 e. The molecule has 2 aromatic carbocycles. The molecule has 0 unspecified atom stereocenters. The lowest BCUT2D eigenvalue weighted by Crippen LogP contribution is -2.48. The molecule has 1 aliphatic rings. The number of hydrogen-bond acceptors (Lipinski definition) is 6. The van der Waals surface area contributed by atoms with Crippen molar-refractivity contribution in [3.63, 3.8) is 0 Å². The molecule has 0 atom stereocenters. The monoisotopic (exact) mass is 463 g/mol. The number of piperazine rings is 1. The molecule has 0 radical (unpaired) electrons. The number of aromatic nitrogens is 1. The topological polar surface area (TPSA) is 62.7 Å². The molecule has 0 amide bonds. The number of hydrogen-bond donors (Lipinski definition) is 0. The van der Waals surface area contributed by atoms with Crippen molar-refractivity contribution in [3.8, 4) is 17.0 Å². The number of sulfonamides is 1. The molecule has 3 aromatic rings. The highest BCUT2D eigenvalue weighted by Gasteiger charge is 2.31. The lowest BCUT2D eigenvalue weighted by molar-refractivity contribution is 0.374. The van der Waals surface area contributed by atoms with Crippen LogP contribution in [0, 0.1) is 6.92 Å². The van der Waals surface area contributed by atoms with Crippen LogP contribution in [0.4, 0.5) is 5.13 Å². The summed E-state index contributed by atoms with van der Waals surface area (Å²) in [7, 11) is -2.24. The van der Waals surface area contributed by atoms with Crippen LogP contribution in [-0.2, 0) is 10.0 Å². The maximum Gasteiger partial charge on any atom is 0.246 e. The number of ether oxygens (including phenoxy) is 1. The van der Waals surface area contributed by atoms with Gasteiger partial charge in [-0.25, -0.2) is 13.4 Å². The second-order valence-electron chi connectivity index (χ2n) is 7.02. The van der Waals surface area contributed by atoms with Gasteiger partial charge in [-0.05, 0) is 30.7 Å². The van der Waals surface area contributed by atoms with E-state index in [1.165, 1.54) is 23.0 Å². The third-order valence-corrected chi connectivity index (χ3v) is 8.22. The molecule has 1 fully saturated rings. The van der Waals surface area contributed by atoms with E-state index in [9.17, 15) is 8.42 Å². The predicted octanol–water partition coefficient (Wildman–Crippen LogP) is 4.29. The highest BCUT2D eigenvalue weighted by molar-refractivity contribution is 7.89. The number of anilines is 1. The minimum absolute atomic E-state index is 0.0991. The lowest BCUT2D eigenvalue weighted by atomic mass is 10.1. The van der Waals surface area contributed by atoms with Gasteiger partial charge < -0.3 is 9.64 Å². The minimum Gasteiger partial charge on any atom is -0.495 e. The van der Waals surface area contributed by atoms with Crippen LogP contribution in [0.5, 0.6) is 5.75 Å². The second-order valence-corrected chi connectivity index (χ2v) is 10.2. The van der Waals surface area contributed by atoms with Gasteiger partial charge >= 0.3 is 0 Å². The van der Waals surface area contributed by atoms with Crippen molar-refractivity contribution >= 4 is 38.1 Å². The number of methoxy groups -OCH3 is 1. The summed E-state index contributed by atoms with van der Waals surface area (Å²) in [6.45, 7) is 3.96. The summed E-state index contributed by atoms with van der Waals surface area (Å²) in [6.07, 6.45) is 0. The number of halogens is 1. The number of benzene rings is 2. The SMILES string of the molecule is COc1ccc(Cl)cc1S(=O)(=O)N1CCN(c2nc(-c3ccccc3C)cs2)CC1. The van der Waals surface area contributed by atoms with E-state index in [1.54, 1.807) is 23.5 Å². The van der Waals surface area contributed by atoms with Crippen LogP contribution >= 0.6 is 22.9 Å². The Balaban J connectivity index is 1.50. The summed E-state index contributed by atoms with van der Waals surface area (Å²) in [5, 5.41) is 3.32. The Morgan fingerprint density at radius 3 is 2.53 bits per heavy atom. The van der Waals surface area contributed by atoms with E-state index < -0.39 is 10.0 Å². The molecular formula is C21H22ClN3O3S2. The van der Waals surface area contributed by atoms with Crippen molar-refractivity contribution < 1.29 is 13.2 Å². The zero-order chi connectivity index (χ0) is 21.3. The number of nitrogens with zero attached hydrogens (tertiary/aromatic N) is 3. The molecule has 30 heavy (non-hydrogen) atoms. The first kappa shape index (κ1) is 21.1. The Morgan fingerprint density at radius 1 is 1.10 bits per heavy atom. The Labute approximate surface area is 185 Å². The molecule has 0 N–H and O–H groups in total. The van der Waals surface area contributed by atoms with Crippen molar-refractivity contribution in [3.05, 3.63) is 58.4 Å². The van der Waals surface area contributed by atoms with E-state index in [-0.39, 0.29) is 4.90 Å². The number of rotatable bonds is 5. The van der Waals surface area contributed by atoms with E-state index in [2.05, 4.69) is 29.3 Å². The first-order chi connectivity index (χ1) is 14.4. The Kier molecular flexibility index (Phi) is 6.02. The molecule has 4 rings (SSSR count). The van der Waals surface area contributed by atoms with E-state index in [4.69, 9.17) is 21.3 Å². The van der Waals surface area contributed by atoms with Crippen LogP contribution in [0.15, 0.2) is 52.7 Å². The third-order valence-electron chi connectivity index (χ3n) is 5.17. The van der Waals surface area contributed by atoms with Crippen LogP contribution < -0.4 is 9.64 Å². The summed E-state index contributed by atoms with van der Waals surface area (Å²) in [5.74, 6) is 0.296. The van der Waals surface area contributed by atoms with Crippen LogP contribution in [0.3, 0.4) is 0 Å². The fourth-order valence-corrected chi connectivity index (χ4v) is 6.22. The fourth-order valence-electron chi connectivity index (χ4n) is 3.50. The molecular weight excluding hydrogens is 442 g/mol. The maximum absolute atomic E-state index is 13.1. The molecule has 2 heterocycles. The predicted molar refractivity (Wildman–Crippen MR) is 121 cm³/mol. The summed E-state index contributed by atoms with van der Waals surface area (Å²) >= 11 is 7.61. The summed E-state index contributed by atoms with van der Waals surface area (Å²) in [4.78, 5) is 7.02. The van der Waals surface area contributed by atoms with Crippen molar-refractivity contribution in [1.29, 1.82) is 0 Å². The second kappa shape index (κ2) is 8.55. The fraction of sp³-hybridized carbons (Fsp3) is 0.286. The largest absolute Gasteiger partial charge is 0.495 e. The van der Waals surface area contributed by atoms with Crippen LogP contribution in [0.2, 0.25) is 5.02 Å². The molecule has 158 valence electrons. The van der Waals surface area contributed by atoms with Crippen molar-refractivity contribution in [2.75, 3.05) is 38.2 Å². The van der Waals surface area contributed by atoms with Crippen LogP contribution in [0.25, 0.3) is 11.3 Å². The molecule has 9 heteroatoms. The molecule has 0 saturated carbocycles. The molecule has 0 spiro atoms. The molecule has 1 saturated heterocycles. The number of aryl methyl sites for hydroxylation is 1. The van der Waals surface area contributed by atoms with Gasteiger partial charge in [0.15, 0.2) is 5.13 Å². The van der Waals surface area contributed by atoms with Crippen LogP contribution in [0.1, 0.15) is 5.56 Å². The van der Waals surface area contributed by atoms with Gasteiger partial charge in [-0.1, -0.05) is 35.9 Å². The average molecular weight is 464 g/mol. The van der Waals surface area contributed by atoms with Crippen LogP contribution in [-0.4, -0.2) is 51.0 Å². The molecule has 0 bridgehead atoms. The van der Waals surface area contributed by atoms with E-state index in [1.807, 2.05) is 12.1 Å². The van der Waals surface area contributed by atoms with Gasteiger partial charge in [0.2, 0.25) is 10.0 Å². The van der Waals surface area contributed by atoms with Gasteiger partial charge in [-0.2, -0.15) is 4.31 Å². The summed E-state index contributed by atoms with van der Waals surface area (Å²) in [6, 6.07) is 12.8. The standard InChI is InChI=1S/C21H22ClN3O3S2/c1-15-5-3-4-6-17(15)18-14-29-21(23-18)24-9-11-25(12-10-24)30(26,27)20-13-16(22)7-8-19(20)28-2/h3-8,13-14H,9-12H2,1-2H3. The normalized spacial score (nSPS) is 15.4. The first-order valence-corrected chi connectivity index (χ1v) is 12.2. The molecule has 1 aliphatic heterocycles. The van der Waals surface area contributed by atoms with Gasteiger partial charge in [-0.15, -0.1) is 11.3 Å². The summed E-state index contributed by atoms with van der Waals surface area (Å²) in [5.41, 5.74) is 3.25. The van der Waals surface area contributed by atoms with Gasteiger partial charge in [0.1, 0.15) is 10.6 Å². The zero-order valence-electron chi connectivity index (χ0n) is 16.7. The van der Waals surface area contributed by atoms with Gasteiger partial charge in [-0.3, -0.25) is 0 Å². The van der Waals surface area contributed by atoms with Gasteiger partial charge in [0.05, 0.1) is 12.8 Å². The highest BCUT2D eigenvalue weighted by Crippen LogP contribution is 2.32. The Hall–Kier alpha value is -2.13. The van der Waals surface area contributed by atoms with Crippen molar-refractivity contribution in [2.24, 2.45) is 0 Å². The van der Waals surface area contributed by atoms with E-state index in [0.717, 1.165) is 16.4 Å². The molecule has 1 aromatic heterocycles. The first-order valence-electron chi connectivity index (χ1n) is 9.50. The molecule has 6 nitrogen and oxygen atoms in total. The van der Waals surface area contributed by atoms with Crippen molar-refractivity contribution in [2.45, 2.75) is 11.8 Å². The quantitative estimate of drug-likeness (QED) is 0.564. The van der Waals surface area contributed by atoms with E-state index in [0.29, 0.717) is 37.0 Å². The zero-order valence-corrected chi connectivity index (χ0v) is 19.1. The Morgan fingerprint density at radius 2 is 1.83 bits per heavy atom. The Bertz CT molecular complexity index is 1160. The molecule has 0 aliphatic carbocycles. The van der Waals surface area contributed by atoms with Gasteiger partial charge in [0, 0.05) is 42.1 Å². The van der Waals surface area contributed by atoms with Gasteiger partial charge in [0.25, 0.3) is 0 Å².